The van der Waals surface area contributed by atoms with Gasteiger partial charge in [-0.3, -0.25) is 9.59 Å². The molecule has 1 N–H and O–H groups in total. The van der Waals surface area contributed by atoms with Gasteiger partial charge in [0, 0.05) is 53.3 Å². The SMILES string of the molecule is CCN(c1ccccc1)c1ccc(Nc2ncnc3cc(OCCOC)c(OC)cc23)cc1C1=CC(=O)C=CC1=O. The molecule has 1 aliphatic carbocycles. The standard InChI is InChI=1S/C32H30N4O5/c1-4-36(22-8-6-5-7-9-22)28-12-10-21(16-24(28)25-17-23(37)11-13-29(25)38)35-32-26-18-30(40-3)31(41-15-14-39-2)19-27(26)33-20-34-32/h5-13,16-20H,4,14-15H2,1-3H3,(H,33,34,35). The molecule has 0 radical (unpaired) electrons. The quantitative estimate of drug-likeness (QED) is 0.187. The number of carbonyl (C=O) groups is 2. The summed E-state index contributed by atoms with van der Waals surface area (Å²) < 4.78 is 16.5. The highest BCUT2D eigenvalue weighted by molar-refractivity contribution is 6.34. The van der Waals surface area contributed by atoms with Gasteiger partial charge in [0.25, 0.3) is 0 Å². The molecule has 0 atom stereocenters. The molecule has 9 nitrogen and oxygen atoms in total. The van der Waals surface area contributed by atoms with Crippen molar-refractivity contribution in [3.05, 3.63) is 90.8 Å². The summed E-state index contributed by atoms with van der Waals surface area (Å²) in [5.41, 5.74) is 4.09. The number of nitrogens with zero attached hydrogens (tertiary/aromatic N) is 3. The number of hydrogen-bond donors (Lipinski definition) is 1. The summed E-state index contributed by atoms with van der Waals surface area (Å²) >= 11 is 0. The van der Waals surface area contributed by atoms with Crippen molar-refractivity contribution in [2.24, 2.45) is 0 Å². The van der Waals surface area contributed by atoms with Crippen molar-refractivity contribution >= 4 is 50.9 Å². The molecule has 0 saturated carbocycles. The first-order valence-electron chi connectivity index (χ1n) is 13.2. The molecule has 0 amide bonds. The van der Waals surface area contributed by atoms with Gasteiger partial charge in [-0.15, -0.1) is 0 Å². The fourth-order valence-corrected chi connectivity index (χ4v) is 4.69. The van der Waals surface area contributed by atoms with Crippen LogP contribution in [0.15, 0.2) is 85.2 Å². The Balaban J connectivity index is 1.57. The molecule has 1 aliphatic rings. The van der Waals surface area contributed by atoms with Crippen LogP contribution in [0.3, 0.4) is 0 Å². The monoisotopic (exact) mass is 550 g/mol. The number of allylic oxidation sites excluding steroid dienone is 4. The molecule has 1 aromatic heterocycles. The number of rotatable bonds is 11. The van der Waals surface area contributed by atoms with Crippen molar-refractivity contribution in [1.82, 2.24) is 9.97 Å². The van der Waals surface area contributed by atoms with Crippen molar-refractivity contribution in [3.63, 3.8) is 0 Å². The lowest BCUT2D eigenvalue weighted by Crippen LogP contribution is -2.19. The maximum atomic E-state index is 13.0. The van der Waals surface area contributed by atoms with Gasteiger partial charge in [0.15, 0.2) is 23.1 Å². The number of benzene rings is 3. The Hall–Kier alpha value is -5.02. The lowest BCUT2D eigenvalue weighted by Gasteiger charge is -2.27. The molecule has 0 spiro atoms. The van der Waals surface area contributed by atoms with Crippen molar-refractivity contribution in [2.45, 2.75) is 6.92 Å². The predicted octanol–water partition coefficient (Wildman–Crippen LogP) is 5.66. The largest absolute Gasteiger partial charge is 0.493 e. The minimum absolute atomic E-state index is 0.231. The Morgan fingerprint density at radius 2 is 1.73 bits per heavy atom. The Morgan fingerprint density at radius 3 is 2.49 bits per heavy atom. The summed E-state index contributed by atoms with van der Waals surface area (Å²) in [6.07, 6.45) is 5.46. The molecule has 0 fully saturated rings. The number of fused-ring (bicyclic) bond motifs is 1. The second-order valence-corrected chi connectivity index (χ2v) is 9.18. The third kappa shape index (κ3) is 5.95. The van der Waals surface area contributed by atoms with Gasteiger partial charge in [-0.05, 0) is 61.5 Å². The zero-order chi connectivity index (χ0) is 28.8. The van der Waals surface area contributed by atoms with E-state index in [2.05, 4.69) is 20.2 Å². The van der Waals surface area contributed by atoms with E-state index in [0.717, 1.165) is 16.8 Å². The van der Waals surface area contributed by atoms with Crippen LogP contribution in [0, 0.1) is 0 Å². The van der Waals surface area contributed by atoms with Gasteiger partial charge in [-0.2, -0.15) is 0 Å². The Bertz CT molecular complexity index is 1650. The zero-order valence-electron chi connectivity index (χ0n) is 23.1. The Morgan fingerprint density at radius 1 is 0.902 bits per heavy atom. The van der Waals surface area contributed by atoms with Gasteiger partial charge in [-0.25, -0.2) is 9.97 Å². The fourth-order valence-electron chi connectivity index (χ4n) is 4.69. The van der Waals surface area contributed by atoms with E-state index in [1.807, 2.05) is 61.5 Å². The smallest absolute Gasteiger partial charge is 0.186 e. The van der Waals surface area contributed by atoms with Crippen LogP contribution in [0.25, 0.3) is 16.5 Å². The molecular formula is C32H30N4O5. The van der Waals surface area contributed by atoms with E-state index >= 15 is 0 Å². The summed E-state index contributed by atoms with van der Waals surface area (Å²) in [7, 11) is 3.18. The highest BCUT2D eigenvalue weighted by atomic mass is 16.5. The van der Waals surface area contributed by atoms with Crippen LogP contribution in [0.2, 0.25) is 0 Å². The molecule has 0 saturated heterocycles. The number of hydrogen-bond acceptors (Lipinski definition) is 9. The Labute approximate surface area is 238 Å². The van der Waals surface area contributed by atoms with Gasteiger partial charge in [0.2, 0.25) is 0 Å². The number of carbonyl (C=O) groups excluding carboxylic acids is 2. The topological polar surface area (TPSA) is 103 Å². The average Bonchev–Trinajstić information content (AvgIpc) is 3.00. The molecular weight excluding hydrogens is 520 g/mol. The van der Waals surface area contributed by atoms with Crippen molar-refractivity contribution in [2.75, 3.05) is 44.2 Å². The van der Waals surface area contributed by atoms with Crippen molar-refractivity contribution in [3.8, 4) is 11.5 Å². The number of nitrogens with one attached hydrogen (secondary N) is 1. The maximum Gasteiger partial charge on any atom is 0.186 e. The minimum Gasteiger partial charge on any atom is -0.493 e. The fraction of sp³-hybridized carbons (Fsp3) is 0.188. The number of ketones is 2. The molecule has 208 valence electrons. The van der Waals surface area contributed by atoms with Crippen LogP contribution in [0.4, 0.5) is 22.9 Å². The number of aromatic nitrogens is 2. The van der Waals surface area contributed by atoms with Gasteiger partial charge in [0.1, 0.15) is 18.8 Å². The molecule has 0 unspecified atom stereocenters. The molecule has 0 bridgehead atoms. The summed E-state index contributed by atoms with van der Waals surface area (Å²) in [5.74, 6) is 1.17. The third-order valence-corrected chi connectivity index (χ3v) is 6.64. The number of ether oxygens (including phenoxy) is 3. The van der Waals surface area contributed by atoms with Crippen molar-refractivity contribution < 1.29 is 23.8 Å². The van der Waals surface area contributed by atoms with E-state index in [4.69, 9.17) is 14.2 Å². The van der Waals surface area contributed by atoms with E-state index in [1.54, 1.807) is 20.3 Å². The molecule has 1 heterocycles. The summed E-state index contributed by atoms with van der Waals surface area (Å²) in [6, 6.07) is 19.3. The number of methoxy groups -OCH3 is 2. The second-order valence-electron chi connectivity index (χ2n) is 9.18. The van der Waals surface area contributed by atoms with E-state index < -0.39 is 0 Å². The second kappa shape index (κ2) is 12.4. The van der Waals surface area contributed by atoms with Crippen LogP contribution in [-0.2, 0) is 14.3 Å². The summed E-state index contributed by atoms with van der Waals surface area (Å²) in [4.78, 5) is 36.3. The van der Waals surface area contributed by atoms with Gasteiger partial charge >= 0.3 is 0 Å². The number of para-hydroxylation sites is 1. The van der Waals surface area contributed by atoms with Gasteiger partial charge in [0.05, 0.1) is 19.2 Å². The lowest BCUT2D eigenvalue weighted by atomic mass is 9.93. The molecule has 4 aromatic rings. The van der Waals surface area contributed by atoms with Crippen LogP contribution in [0.1, 0.15) is 12.5 Å². The van der Waals surface area contributed by atoms with Crippen LogP contribution < -0.4 is 19.7 Å². The first-order chi connectivity index (χ1) is 20.0. The summed E-state index contributed by atoms with van der Waals surface area (Å²) in [6.45, 7) is 3.50. The van der Waals surface area contributed by atoms with Crippen molar-refractivity contribution in [1.29, 1.82) is 0 Å². The lowest BCUT2D eigenvalue weighted by molar-refractivity contribution is -0.113. The van der Waals surface area contributed by atoms with Gasteiger partial charge in [-0.1, -0.05) is 18.2 Å². The average molecular weight is 551 g/mol. The predicted molar refractivity (Wildman–Crippen MR) is 159 cm³/mol. The van der Waals surface area contributed by atoms with Crippen LogP contribution in [-0.4, -0.2) is 55.5 Å². The maximum absolute atomic E-state index is 13.0. The number of anilines is 4. The molecule has 41 heavy (non-hydrogen) atoms. The summed E-state index contributed by atoms with van der Waals surface area (Å²) in [5, 5.41) is 4.09. The minimum atomic E-state index is -0.232. The molecule has 0 aliphatic heterocycles. The van der Waals surface area contributed by atoms with E-state index in [0.29, 0.717) is 59.4 Å². The van der Waals surface area contributed by atoms with Crippen LogP contribution in [0.5, 0.6) is 11.5 Å². The molecule has 3 aromatic carbocycles. The van der Waals surface area contributed by atoms with Gasteiger partial charge < -0.3 is 24.4 Å². The highest BCUT2D eigenvalue weighted by Gasteiger charge is 2.22. The third-order valence-electron chi connectivity index (χ3n) is 6.64. The van der Waals surface area contributed by atoms with E-state index in [9.17, 15) is 9.59 Å². The zero-order valence-corrected chi connectivity index (χ0v) is 23.1. The van der Waals surface area contributed by atoms with E-state index in [-0.39, 0.29) is 11.6 Å². The molecule has 9 heteroatoms. The van der Waals surface area contributed by atoms with Crippen LogP contribution >= 0.6 is 0 Å². The van der Waals surface area contributed by atoms with E-state index in [1.165, 1.54) is 24.6 Å². The Kier molecular flexibility index (Phi) is 8.36. The normalized spacial score (nSPS) is 12.8. The first kappa shape index (κ1) is 27.5. The molecule has 5 rings (SSSR count). The highest BCUT2D eigenvalue weighted by Crippen LogP contribution is 2.38. The first-order valence-corrected chi connectivity index (χ1v) is 13.2.